The van der Waals surface area contributed by atoms with Crippen LogP contribution in [0.4, 0.5) is 5.95 Å². The number of aromatic nitrogens is 2. The molecule has 0 radical (unpaired) electrons. The lowest BCUT2D eigenvalue weighted by Crippen LogP contribution is -2.19. The zero-order valence-corrected chi connectivity index (χ0v) is 17.6. The second-order valence-electron chi connectivity index (χ2n) is 6.74. The number of nitrogens with one attached hydrogen (secondary N) is 2. The van der Waals surface area contributed by atoms with Crippen LogP contribution < -0.4 is 20.5 Å². The van der Waals surface area contributed by atoms with E-state index in [9.17, 15) is 4.79 Å². The number of H-pyrrole nitrogens is 1. The van der Waals surface area contributed by atoms with Gasteiger partial charge in [-0.3, -0.25) is 9.78 Å². The fourth-order valence-electron chi connectivity index (χ4n) is 2.97. The summed E-state index contributed by atoms with van der Waals surface area (Å²) in [6.07, 6.45) is 1.86. The topological polar surface area (TPSA) is 109 Å². The summed E-state index contributed by atoms with van der Waals surface area (Å²) in [6, 6.07) is 15.4. The summed E-state index contributed by atoms with van der Waals surface area (Å²) < 4.78 is 11.6. The van der Waals surface area contributed by atoms with Crippen molar-refractivity contribution in [3.05, 3.63) is 81.3 Å². The largest absolute Gasteiger partial charge is 0.490 e. The SMILES string of the molecule is CCOc1cc(/C=N\Nc2nc(C)c(CCO)c(=O)[nH]2)ccc1OCc1ccccc1. The number of ether oxygens (including phenoxy) is 2. The van der Waals surface area contributed by atoms with Crippen molar-refractivity contribution in [1.82, 2.24) is 9.97 Å². The van der Waals surface area contributed by atoms with Crippen LogP contribution in [-0.4, -0.2) is 34.5 Å². The molecule has 0 amide bonds. The maximum absolute atomic E-state index is 12.1. The van der Waals surface area contributed by atoms with Crippen LogP contribution in [0.5, 0.6) is 11.5 Å². The fourth-order valence-corrected chi connectivity index (χ4v) is 2.97. The van der Waals surface area contributed by atoms with Gasteiger partial charge in [0.1, 0.15) is 6.61 Å². The standard InChI is InChI=1S/C23H26N4O4/c1-3-30-21-13-18(9-10-20(21)31-15-17-7-5-4-6-8-17)14-24-27-23-25-16(2)19(11-12-28)22(29)26-23/h4-10,13-14,28H,3,11-12,15H2,1-2H3,(H2,25,26,27,29)/b24-14-. The molecule has 0 atom stereocenters. The van der Waals surface area contributed by atoms with E-state index in [-0.39, 0.29) is 24.5 Å². The predicted octanol–water partition coefficient (Wildman–Crippen LogP) is 3.04. The summed E-state index contributed by atoms with van der Waals surface area (Å²) in [4.78, 5) is 18.9. The molecule has 3 rings (SSSR count). The van der Waals surface area contributed by atoms with Gasteiger partial charge in [-0.2, -0.15) is 5.10 Å². The van der Waals surface area contributed by atoms with E-state index in [1.165, 1.54) is 0 Å². The molecule has 0 aliphatic carbocycles. The number of aryl methyl sites for hydroxylation is 1. The van der Waals surface area contributed by atoms with Crippen LogP contribution in [0.15, 0.2) is 58.4 Å². The molecule has 0 fully saturated rings. The van der Waals surface area contributed by atoms with E-state index in [2.05, 4.69) is 20.5 Å². The van der Waals surface area contributed by atoms with Crippen molar-refractivity contribution < 1.29 is 14.6 Å². The highest BCUT2D eigenvalue weighted by Crippen LogP contribution is 2.29. The van der Waals surface area contributed by atoms with Crippen molar-refractivity contribution in [3.63, 3.8) is 0 Å². The van der Waals surface area contributed by atoms with Gasteiger partial charge in [-0.15, -0.1) is 0 Å². The van der Waals surface area contributed by atoms with Gasteiger partial charge >= 0.3 is 0 Å². The smallest absolute Gasteiger partial charge is 0.255 e. The summed E-state index contributed by atoms with van der Waals surface area (Å²) in [6.45, 7) is 4.47. The lowest BCUT2D eigenvalue weighted by Gasteiger charge is -2.12. The number of aliphatic hydroxyl groups is 1. The second-order valence-corrected chi connectivity index (χ2v) is 6.74. The zero-order chi connectivity index (χ0) is 22.1. The van der Waals surface area contributed by atoms with Gasteiger partial charge in [0.2, 0.25) is 5.95 Å². The highest BCUT2D eigenvalue weighted by Gasteiger charge is 2.08. The van der Waals surface area contributed by atoms with Crippen LogP contribution in [-0.2, 0) is 13.0 Å². The van der Waals surface area contributed by atoms with Gasteiger partial charge in [0.15, 0.2) is 11.5 Å². The van der Waals surface area contributed by atoms with Crippen molar-refractivity contribution >= 4 is 12.2 Å². The van der Waals surface area contributed by atoms with Crippen LogP contribution in [0.3, 0.4) is 0 Å². The molecule has 31 heavy (non-hydrogen) atoms. The first kappa shape index (κ1) is 22.0. The van der Waals surface area contributed by atoms with Gasteiger partial charge in [-0.05, 0) is 43.2 Å². The first-order valence-corrected chi connectivity index (χ1v) is 10.0. The van der Waals surface area contributed by atoms with Gasteiger partial charge in [0.05, 0.1) is 18.5 Å². The Hall–Kier alpha value is -3.65. The van der Waals surface area contributed by atoms with Crippen LogP contribution in [0.2, 0.25) is 0 Å². The third kappa shape index (κ3) is 6.16. The third-order valence-electron chi connectivity index (χ3n) is 4.47. The minimum atomic E-state index is -0.294. The molecule has 0 aliphatic heterocycles. The normalized spacial score (nSPS) is 10.9. The average molecular weight is 422 g/mol. The number of hydrogen-bond acceptors (Lipinski definition) is 7. The van der Waals surface area contributed by atoms with E-state index in [0.717, 1.165) is 11.1 Å². The molecule has 0 saturated carbocycles. The number of benzene rings is 2. The Morgan fingerprint density at radius 2 is 1.97 bits per heavy atom. The highest BCUT2D eigenvalue weighted by atomic mass is 16.5. The van der Waals surface area contributed by atoms with Crippen molar-refractivity contribution in [1.29, 1.82) is 0 Å². The number of nitrogens with zero attached hydrogens (tertiary/aromatic N) is 2. The molecule has 0 bridgehead atoms. The highest BCUT2D eigenvalue weighted by molar-refractivity contribution is 5.81. The Kier molecular flexibility index (Phi) is 7.78. The zero-order valence-electron chi connectivity index (χ0n) is 17.6. The van der Waals surface area contributed by atoms with Crippen LogP contribution in [0.25, 0.3) is 0 Å². The molecule has 0 spiro atoms. The molecule has 0 aliphatic rings. The number of hydrogen-bond donors (Lipinski definition) is 3. The average Bonchev–Trinajstić information content (AvgIpc) is 2.77. The number of aliphatic hydroxyl groups excluding tert-OH is 1. The summed E-state index contributed by atoms with van der Waals surface area (Å²) in [7, 11) is 0. The summed E-state index contributed by atoms with van der Waals surface area (Å²) in [5.41, 5.74) is 5.31. The van der Waals surface area contributed by atoms with Crippen molar-refractivity contribution in [2.75, 3.05) is 18.6 Å². The molecule has 162 valence electrons. The van der Waals surface area contributed by atoms with E-state index < -0.39 is 0 Å². The number of aromatic amines is 1. The Labute approximate surface area is 180 Å². The number of anilines is 1. The third-order valence-corrected chi connectivity index (χ3v) is 4.47. The summed E-state index contributed by atoms with van der Waals surface area (Å²) in [5, 5.41) is 13.2. The van der Waals surface area contributed by atoms with E-state index in [1.54, 1.807) is 13.1 Å². The number of rotatable bonds is 10. The van der Waals surface area contributed by atoms with Crippen molar-refractivity contribution in [3.8, 4) is 11.5 Å². The first-order valence-electron chi connectivity index (χ1n) is 10.0. The van der Waals surface area contributed by atoms with E-state index >= 15 is 0 Å². The lowest BCUT2D eigenvalue weighted by atomic mass is 10.2. The maximum Gasteiger partial charge on any atom is 0.255 e. The Bertz CT molecular complexity index is 1080. The lowest BCUT2D eigenvalue weighted by molar-refractivity contribution is 0.269. The Balaban J connectivity index is 1.69. The van der Waals surface area contributed by atoms with Gasteiger partial charge in [-0.25, -0.2) is 10.4 Å². The predicted molar refractivity (Wildman–Crippen MR) is 120 cm³/mol. The van der Waals surface area contributed by atoms with Crippen molar-refractivity contribution in [2.45, 2.75) is 26.9 Å². The van der Waals surface area contributed by atoms with Gasteiger partial charge in [0.25, 0.3) is 5.56 Å². The van der Waals surface area contributed by atoms with Crippen LogP contribution in [0.1, 0.15) is 29.3 Å². The fraction of sp³-hybridized carbons (Fsp3) is 0.261. The molecule has 1 aromatic heterocycles. The number of hydrazone groups is 1. The van der Waals surface area contributed by atoms with Gasteiger partial charge < -0.3 is 14.6 Å². The molecule has 0 unspecified atom stereocenters. The second kappa shape index (κ2) is 10.9. The van der Waals surface area contributed by atoms with E-state index in [1.807, 2.05) is 55.5 Å². The van der Waals surface area contributed by atoms with E-state index in [4.69, 9.17) is 14.6 Å². The van der Waals surface area contributed by atoms with Crippen LogP contribution >= 0.6 is 0 Å². The maximum atomic E-state index is 12.1. The molecular formula is C23H26N4O4. The van der Waals surface area contributed by atoms with Crippen LogP contribution in [0, 0.1) is 6.92 Å². The van der Waals surface area contributed by atoms with Gasteiger partial charge in [0, 0.05) is 18.6 Å². The monoisotopic (exact) mass is 422 g/mol. The minimum Gasteiger partial charge on any atom is -0.490 e. The summed E-state index contributed by atoms with van der Waals surface area (Å²) >= 11 is 0. The quantitative estimate of drug-likeness (QED) is 0.342. The molecule has 1 heterocycles. The minimum absolute atomic E-state index is 0.107. The molecule has 2 aromatic carbocycles. The Morgan fingerprint density at radius 3 is 2.68 bits per heavy atom. The molecule has 3 N–H and O–H groups in total. The molecular weight excluding hydrogens is 396 g/mol. The molecule has 3 aromatic rings. The molecule has 0 saturated heterocycles. The van der Waals surface area contributed by atoms with Gasteiger partial charge in [-0.1, -0.05) is 30.3 Å². The summed E-state index contributed by atoms with van der Waals surface area (Å²) in [5.74, 6) is 1.50. The van der Waals surface area contributed by atoms with E-state index in [0.29, 0.717) is 36.0 Å². The first-order chi connectivity index (χ1) is 15.1. The van der Waals surface area contributed by atoms with Crippen molar-refractivity contribution in [2.24, 2.45) is 5.10 Å². The Morgan fingerprint density at radius 1 is 1.16 bits per heavy atom. The molecule has 8 heteroatoms. The molecule has 8 nitrogen and oxygen atoms in total.